The number of carbonyl (C=O) groups excluding carboxylic acids is 4. The summed E-state index contributed by atoms with van der Waals surface area (Å²) in [6.45, 7) is 9.05. The number of nitrogens with two attached hydrogens (primary N) is 1. The second kappa shape index (κ2) is 8.43. The number of hydrogen-bond donors (Lipinski definition) is 3. The van der Waals surface area contributed by atoms with E-state index in [-0.39, 0.29) is 5.88 Å². The van der Waals surface area contributed by atoms with Gasteiger partial charge in [-0.25, -0.2) is 4.79 Å². The van der Waals surface area contributed by atoms with Gasteiger partial charge in [-0.05, 0) is 41.5 Å². The molecule has 0 aromatic carbocycles. The number of alkyl carbamates (subject to hydrolysis) is 1. The van der Waals surface area contributed by atoms with Crippen LogP contribution in [-0.4, -0.2) is 52.7 Å². The Balaban J connectivity index is 4.89. The molecule has 9 heteroatoms. The molecule has 1 unspecified atom stereocenters. The third-order valence-corrected chi connectivity index (χ3v) is 3.34. The van der Waals surface area contributed by atoms with Gasteiger partial charge in [0, 0.05) is 0 Å². The number of carbonyl (C=O) groups is 4. The maximum atomic E-state index is 12.4. The molecule has 0 spiro atoms. The van der Waals surface area contributed by atoms with E-state index in [1.54, 1.807) is 20.8 Å². The zero-order valence-electron chi connectivity index (χ0n) is 14.9. The molecule has 0 radical (unpaired) electrons. The summed E-state index contributed by atoms with van der Waals surface area (Å²) >= 11 is 5.41. The molecule has 138 valence electrons. The number of Topliss-reactive ketones (excluding diaryl/α,β-unsaturated/α-hetero) is 2. The van der Waals surface area contributed by atoms with Gasteiger partial charge in [-0.3, -0.25) is 14.4 Å². The number of nitrogens with one attached hydrogen (secondary N) is 2. The van der Waals surface area contributed by atoms with Gasteiger partial charge in [-0.15, -0.1) is 11.6 Å². The van der Waals surface area contributed by atoms with Crippen molar-refractivity contribution in [1.82, 2.24) is 10.6 Å². The van der Waals surface area contributed by atoms with Crippen LogP contribution in [-0.2, 0) is 19.1 Å². The highest BCUT2D eigenvalue weighted by atomic mass is 35.5. The summed E-state index contributed by atoms with van der Waals surface area (Å²) in [5, 5.41) is 4.66. The Morgan fingerprint density at radius 2 is 1.54 bits per heavy atom. The van der Waals surface area contributed by atoms with E-state index >= 15 is 0 Å². The number of hydrogen-bond acceptors (Lipinski definition) is 6. The van der Waals surface area contributed by atoms with E-state index in [9.17, 15) is 19.2 Å². The Labute approximate surface area is 146 Å². The van der Waals surface area contributed by atoms with Gasteiger partial charge >= 0.3 is 6.09 Å². The Morgan fingerprint density at radius 3 is 1.96 bits per heavy atom. The van der Waals surface area contributed by atoms with Crippen molar-refractivity contribution in [3.63, 3.8) is 0 Å². The second-order valence-electron chi connectivity index (χ2n) is 6.73. The molecule has 0 saturated carbocycles. The first-order valence-electron chi connectivity index (χ1n) is 7.44. The fraction of sp³-hybridized carbons (Fsp3) is 0.733. The minimum Gasteiger partial charge on any atom is -0.444 e. The van der Waals surface area contributed by atoms with Crippen LogP contribution in [0.3, 0.4) is 0 Å². The molecular weight excluding hydrogens is 338 g/mol. The number of alkyl halides is 1. The zero-order valence-corrected chi connectivity index (χ0v) is 15.6. The summed E-state index contributed by atoms with van der Waals surface area (Å²) in [6, 6.07) is -1.93. The van der Waals surface area contributed by atoms with E-state index < -0.39 is 46.8 Å². The molecule has 0 aromatic heterocycles. The molecule has 0 aromatic rings. The van der Waals surface area contributed by atoms with Crippen LogP contribution in [0.25, 0.3) is 0 Å². The third kappa shape index (κ3) is 6.84. The first-order chi connectivity index (χ1) is 10.7. The highest BCUT2D eigenvalue weighted by molar-refractivity contribution is 6.28. The molecule has 0 aliphatic carbocycles. The van der Waals surface area contributed by atoms with Gasteiger partial charge in [0.2, 0.25) is 5.91 Å². The summed E-state index contributed by atoms with van der Waals surface area (Å²) in [6.07, 6.45) is -0.801. The lowest BCUT2D eigenvalue weighted by atomic mass is 9.91. The second-order valence-corrected chi connectivity index (χ2v) is 7.00. The lowest BCUT2D eigenvalue weighted by Gasteiger charge is -2.28. The summed E-state index contributed by atoms with van der Waals surface area (Å²) in [4.78, 5) is 47.6. The molecule has 8 nitrogen and oxygen atoms in total. The SMILES string of the molecule is CC(NC(=O)[C@](C)(N)C(=O)[C@H](C)NC(=O)OC(C)(C)C)C(=O)CCl. The minimum absolute atomic E-state index is 0.271. The summed E-state index contributed by atoms with van der Waals surface area (Å²) < 4.78 is 5.04. The predicted molar refractivity (Wildman–Crippen MR) is 89.8 cm³/mol. The maximum Gasteiger partial charge on any atom is 0.408 e. The molecule has 0 fully saturated rings. The quantitative estimate of drug-likeness (QED) is 0.446. The minimum atomic E-state index is -1.94. The van der Waals surface area contributed by atoms with Crippen molar-refractivity contribution in [2.45, 2.75) is 64.8 Å². The summed E-state index contributed by atoms with van der Waals surface area (Å²) in [7, 11) is 0. The largest absolute Gasteiger partial charge is 0.444 e. The number of ketones is 2. The normalized spacial score (nSPS) is 16.3. The topological polar surface area (TPSA) is 128 Å². The zero-order chi connectivity index (χ0) is 19.3. The average molecular weight is 364 g/mol. The summed E-state index contributed by atoms with van der Waals surface area (Å²) in [5.41, 5.74) is 3.14. The molecule has 0 aliphatic heterocycles. The average Bonchev–Trinajstić information content (AvgIpc) is 2.42. The van der Waals surface area contributed by atoms with E-state index in [1.165, 1.54) is 20.8 Å². The molecule has 0 saturated heterocycles. The number of amides is 2. The molecule has 0 aliphatic rings. The monoisotopic (exact) mass is 363 g/mol. The molecule has 3 atom stereocenters. The lowest BCUT2D eigenvalue weighted by molar-refractivity contribution is -0.137. The van der Waals surface area contributed by atoms with Gasteiger partial charge in [-0.2, -0.15) is 0 Å². The van der Waals surface area contributed by atoms with Crippen LogP contribution in [0.1, 0.15) is 41.5 Å². The molecule has 4 N–H and O–H groups in total. The van der Waals surface area contributed by atoms with Gasteiger partial charge in [-0.1, -0.05) is 0 Å². The van der Waals surface area contributed by atoms with Crippen molar-refractivity contribution in [3.05, 3.63) is 0 Å². The number of ether oxygens (including phenoxy) is 1. The standard InChI is InChI=1S/C15H26ClN3O5/c1-8(10(20)7-16)18-12(22)15(6,17)11(21)9(2)19-13(23)24-14(3,4)5/h8-9H,7,17H2,1-6H3,(H,18,22)(H,19,23)/t8?,9-,15+/m0/s1. The summed E-state index contributed by atoms with van der Waals surface area (Å²) in [5.74, 6) is -2.24. The lowest BCUT2D eigenvalue weighted by Crippen LogP contribution is -2.63. The number of halogens is 1. The maximum absolute atomic E-state index is 12.4. The van der Waals surface area contributed by atoms with Gasteiger partial charge in [0.25, 0.3) is 0 Å². The van der Waals surface area contributed by atoms with E-state index in [4.69, 9.17) is 22.1 Å². The molecule has 24 heavy (non-hydrogen) atoms. The Morgan fingerprint density at radius 1 is 1.04 bits per heavy atom. The van der Waals surface area contributed by atoms with Crippen molar-refractivity contribution in [1.29, 1.82) is 0 Å². The van der Waals surface area contributed by atoms with Crippen LogP contribution >= 0.6 is 11.6 Å². The molecule has 0 rings (SSSR count). The van der Waals surface area contributed by atoms with Crippen molar-refractivity contribution >= 4 is 35.2 Å². The Kier molecular flexibility index (Phi) is 7.85. The fourth-order valence-corrected chi connectivity index (χ4v) is 1.89. The molecule has 0 bridgehead atoms. The van der Waals surface area contributed by atoms with Crippen LogP contribution < -0.4 is 16.4 Å². The van der Waals surface area contributed by atoms with E-state index in [0.29, 0.717) is 0 Å². The van der Waals surface area contributed by atoms with E-state index in [0.717, 1.165) is 0 Å². The van der Waals surface area contributed by atoms with Crippen LogP contribution in [0.5, 0.6) is 0 Å². The predicted octanol–water partition coefficient (Wildman–Crippen LogP) is 0.499. The Bertz CT molecular complexity index is 514. The van der Waals surface area contributed by atoms with Gasteiger partial charge in [0.1, 0.15) is 5.60 Å². The van der Waals surface area contributed by atoms with Crippen LogP contribution in [0.15, 0.2) is 0 Å². The van der Waals surface area contributed by atoms with Gasteiger partial charge < -0.3 is 21.1 Å². The van der Waals surface area contributed by atoms with Crippen LogP contribution in [0, 0.1) is 0 Å². The van der Waals surface area contributed by atoms with Gasteiger partial charge in [0.05, 0.1) is 18.0 Å². The highest BCUT2D eigenvalue weighted by Gasteiger charge is 2.41. The Hall–Kier alpha value is -1.67. The third-order valence-electron chi connectivity index (χ3n) is 3.07. The highest BCUT2D eigenvalue weighted by Crippen LogP contribution is 2.09. The van der Waals surface area contributed by atoms with Crippen LogP contribution in [0.4, 0.5) is 4.79 Å². The molecular formula is C15H26ClN3O5. The van der Waals surface area contributed by atoms with Gasteiger partial charge in [0.15, 0.2) is 17.1 Å². The van der Waals surface area contributed by atoms with Crippen molar-refractivity contribution in [2.75, 3.05) is 5.88 Å². The smallest absolute Gasteiger partial charge is 0.408 e. The van der Waals surface area contributed by atoms with Crippen molar-refractivity contribution in [3.8, 4) is 0 Å². The first kappa shape index (κ1) is 22.3. The van der Waals surface area contributed by atoms with E-state index in [1.807, 2.05) is 0 Å². The van der Waals surface area contributed by atoms with Crippen molar-refractivity contribution < 1.29 is 23.9 Å². The fourth-order valence-electron chi connectivity index (χ4n) is 1.65. The first-order valence-corrected chi connectivity index (χ1v) is 7.98. The number of rotatable bonds is 7. The van der Waals surface area contributed by atoms with E-state index in [2.05, 4.69) is 10.6 Å². The molecule has 2 amide bonds. The molecule has 0 heterocycles. The van der Waals surface area contributed by atoms with Crippen molar-refractivity contribution in [2.24, 2.45) is 5.73 Å². The van der Waals surface area contributed by atoms with Crippen LogP contribution in [0.2, 0.25) is 0 Å².